The van der Waals surface area contributed by atoms with Crippen molar-refractivity contribution >= 4 is 12.0 Å². The van der Waals surface area contributed by atoms with Crippen molar-refractivity contribution < 1.29 is 14.7 Å². The van der Waals surface area contributed by atoms with Crippen molar-refractivity contribution in [3.63, 3.8) is 0 Å². The Labute approximate surface area is 101 Å². The van der Waals surface area contributed by atoms with Crippen molar-refractivity contribution in [3.05, 3.63) is 0 Å². The second-order valence-electron chi connectivity index (χ2n) is 4.70. The molecule has 6 nitrogen and oxygen atoms in total. The number of aliphatic carboxylic acids is 1. The number of likely N-dealkylation sites (tertiary alicyclic amines) is 1. The first-order valence-electron chi connectivity index (χ1n) is 5.96. The maximum absolute atomic E-state index is 11.2. The molecule has 0 aromatic carbocycles. The van der Waals surface area contributed by atoms with Crippen LogP contribution >= 0.6 is 0 Å². The number of nitrogens with one attached hydrogen (secondary N) is 2. The Morgan fingerprint density at radius 3 is 2.65 bits per heavy atom. The standard InChI is InChI=1S/C11H21N3O3/c1-8(2)14-4-3-9(7-14)5-12-11(17)13-6-10(15)16/h8-9H,3-7H2,1-2H3,(H,15,16)(H2,12,13,17). The molecule has 6 heteroatoms. The van der Waals surface area contributed by atoms with Crippen LogP contribution in [-0.4, -0.2) is 54.2 Å². The Hall–Kier alpha value is -1.30. The van der Waals surface area contributed by atoms with Crippen LogP contribution in [0.25, 0.3) is 0 Å². The van der Waals surface area contributed by atoms with Gasteiger partial charge < -0.3 is 20.6 Å². The minimum absolute atomic E-state index is 0.339. The van der Waals surface area contributed by atoms with E-state index >= 15 is 0 Å². The van der Waals surface area contributed by atoms with Gasteiger partial charge in [0, 0.05) is 19.1 Å². The highest BCUT2D eigenvalue weighted by Gasteiger charge is 2.24. The van der Waals surface area contributed by atoms with Gasteiger partial charge in [0.1, 0.15) is 6.54 Å². The van der Waals surface area contributed by atoms with Gasteiger partial charge in [0.2, 0.25) is 0 Å². The van der Waals surface area contributed by atoms with Crippen LogP contribution in [0.2, 0.25) is 0 Å². The van der Waals surface area contributed by atoms with Gasteiger partial charge in [-0.25, -0.2) is 4.79 Å². The Balaban J connectivity index is 2.15. The van der Waals surface area contributed by atoms with Crippen LogP contribution in [0.3, 0.4) is 0 Å². The number of urea groups is 1. The number of hydrogen-bond acceptors (Lipinski definition) is 3. The van der Waals surface area contributed by atoms with E-state index in [1.54, 1.807) is 0 Å². The highest BCUT2D eigenvalue weighted by Crippen LogP contribution is 2.17. The molecule has 0 bridgehead atoms. The zero-order valence-corrected chi connectivity index (χ0v) is 10.4. The van der Waals surface area contributed by atoms with Crippen LogP contribution in [0, 0.1) is 5.92 Å². The van der Waals surface area contributed by atoms with E-state index in [9.17, 15) is 9.59 Å². The molecular formula is C11H21N3O3. The van der Waals surface area contributed by atoms with Gasteiger partial charge >= 0.3 is 12.0 Å². The third-order valence-electron chi connectivity index (χ3n) is 3.00. The van der Waals surface area contributed by atoms with Gasteiger partial charge in [-0.15, -0.1) is 0 Å². The maximum Gasteiger partial charge on any atom is 0.323 e. The molecule has 17 heavy (non-hydrogen) atoms. The largest absolute Gasteiger partial charge is 0.480 e. The Kier molecular flexibility index (Phi) is 5.21. The monoisotopic (exact) mass is 243 g/mol. The summed E-state index contributed by atoms with van der Waals surface area (Å²) in [5.74, 6) is -0.569. The molecule has 0 aliphatic carbocycles. The molecule has 1 aliphatic heterocycles. The van der Waals surface area contributed by atoms with Crippen LogP contribution in [0.4, 0.5) is 4.79 Å². The predicted molar refractivity (Wildman–Crippen MR) is 63.9 cm³/mol. The number of carboxylic acid groups (broad SMARTS) is 1. The summed E-state index contributed by atoms with van der Waals surface area (Å²) >= 11 is 0. The average Bonchev–Trinajstić information content (AvgIpc) is 2.72. The number of carboxylic acids is 1. The number of carbonyl (C=O) groups excluding carboxylic acids is 1. The molecule has 0 aromatic rings. The van der Waals surface area contributed by atoms with Crippen molar-refractivity contribution in [2.24, 2.45) is 5.92 Å². The van der Waals surface area contributed by atoms with Gasteiger partial charge in [-0.2, -0.15) is 0 Å². The normalized spacial score (nSPS) is 20.5. The van der Waals surface area contributed by atoms with Crippen molar-refractivity contribution in [1.29, 1.82) is 0 Å². The molecule has 1 atom stereocenters. The topological polar surface area (TPSA) is 81.7 Å². The lowest BCUT2D eigenvalue weighted by atomic mass is 10.1. The summed E-state index contributed by atoms with van der Waals surface area (Å²) in [6.45, 7) is 6.66. The fourth-order valence-corrected chi connectivity index (χ4v) is 1.95. The van der Waals surface area contributed by atoms with Gasteiger partial charge in [0.05, 0.1) is 0 Å². The van der Waals surface area contributed by atoms with E-state index in [4.69, 9.17) is 5.11 Å². The summed E-state index contributed by atoms with van der Waals surface area (Å²) in [4.78, 5) is 23.8. The summed E-state index contributed by atoms with van der Waals surface area (Å²) in [5, 5.41) is 13.4. The highest BCUT2D eigenvalue weighted by molar-refractivity contribution is 5.79. The molecule has 2 amide bonds. The number of nitrogens with zero attached hydrogens (tertiary/aromatic N) is 1. The molecule has 1 rings (SSSR count). The second-order valence-corrected chi connectivity index (χ2v) is 4.70. The van der Waals surface area contributed by atoms with Crippen molar-refractivity contribution in [2.45, 2.75) is 26.3 Å². The first-order valence-corrected chi connectivity index (χ1v) is 5.96. The molecule has 1 aliphatic rings. The molecule has 0 radical (unpaired) electrons. The second kappa shape index (κ2) is 6.44. The quantitative estimate of drug-likeness (QED) is 0.639. The summed E-state index contributed by atoms with van der Waals surface area (Å²) in [7, 11) is 0. The smallest absolute Gasteiger partial charge is 0.323 e. The SMILES string of the molecule is CC(C)N1CCC(CNC(=O)NCC(=O)O)C1. The number of rotatable bonds is 5. The molecule has 1 unspecified atom stereocenters. The van der Waals surface area contributed by atoms with Gasteiger partial charge in [-0.05, 0) is 32.7 Å². The molecule has 3 N–H and O–H groups in total. The molecule has 0 aromatic heterocycles. The van der Waals surface area contributed by atoms with Gasteiger partial charge in [0.25, 0.3) is 0 Å². The van der Waals surface area contributed by atoms with E-state index in [0.29, 0.717) is 18.5 Å². The van der Waals surface area contributed by atoms with Crippen molar-refractivity contribution in [1.82, 2.24) is 15.5 Å². The van der Waals surface area contributed by atoms with Gasteiger partial charge in [0.15, 0.2) is 0 Å². The molecule has 98 valence electrons. The Morgan fingerprint density at radius 2 is 2.12 bits per heavy atom. The maximum atomic E-state index is 11.2. The molecule has 0 spiro atoms. The van der Waals surface area contributed by atoms with Crippen molar-refractivity contribution in [2.75, 3.05) is 26.2 Å². The lowest BCUT2D eigenvalue weighted by Gasteiger charge is -2.20. The van der Waals surface area contributed by atoms with Crippen LogP contribution in [0.5, 0.6) is 0 Å². The van der Waals surface area contributed by atoms with E-state index in [1.165, 1.54) is 0 Å². The van der Waals surface area contributed by atoms with E-state index in [2.05, 4.69) is 29.4 Å². The van der Waals surface area contributed by atoms with Crippen LogP contribution < -0.4 is 10.6 Å². The fraction of sp³-hybridized carbons (Fsp3) is 0.818. The predicted octanol–water partition coefficient (Wildman–Crippen LogP) is 0.101. The minimum atomic E-state index is -1.04. The van der Waals surface area contributed by atoms with Crippen LogP contribution in [0.1, 0.15) is 20.3 Å². The highest BCUT2D eigenvalue weighted by atomic mass is 16.4. The van der Waals surface area contributed by atoms with Crippen molar-refractivity contribution in [3.8, 4) is 0 Å². The van der Waals surface area contributed by atoms with Crippen LogP contribution in [-0.2, 0) is 4.79 Å². The van der Waals surface area contributed by atoms with Crippen LogP contribution in [0.15, 0.2) is 0 Å². The minimum Gasteiger partial charge on any atom is -0.480 e. The zero-order chi connectivity index (χ0) is 12.8. The summed E-state index contributed by atoms with van der Waals surface area (Å²) in [5.41, 5.74) is 0. The number of amides is 2. The van der Waals surface area contributed by atoms with E-state index in [0.717, 1.165) is 19.5 Å². The lowest BCUT2D eigenvalue weighted by Crippen LogP contribution is -2.41. The van der Waals surface area contributed by atoms with E-state index < -0.39 is 12.0 Å². The lowest BCUT2D eigenvalue weighted by molar-refractivity contribution is -0.135. The third kappa shape index (κ3) is 5.04. The third-order valence-corrected chi connectivity index (χ3v) is 3.00. The van der Waals surface area contributed by atoms with E-state index in [-0.39, 0.29) is 6.54 Å². The molecular weight excluding hydrogens is 222 g/mol. The first kappa shape index (κ1) is 13.8. The fourth-order valence-electron chi connectivity index (χ4n) is 1.95. The first-order chi connectivity index (χ1) is 7.99. The number of hydrogen-bond donors (Lipinski definition) is 3. The molecule has 1 heterocycles. The Bertz CT molecular complexity index is 281. The summed E-state index contributed by atoms with van der Waals surface area (Å²) in [6.07, 6.45) is 1.08. The molecule has 1 fully saturated rings. The zero-order valence-electron chi connectivity index (χ0n) is 10.4. The molecule has 0 saturated carbocycles. The summed E-state index contributed by atoms with van der Waals surface area (Å²) < 4.78 is 0. The summed E-state index contributed by atoms with van der Waals surface area (Å²) in [6, 6.07) is 0.135. The number of carbonyl (C=O) groups is 2. The molecule has 1 saturated heterocycles. The average molecular weight is 243 g/mol. The van der Waals surface area contributed by atoms with E-state index in [1.807, 2.05) is 0 Å². The van der Waals surface area contributed by atoms with Gasteiger partial charge in [-0.1, -0.05) is 0 Å². The Morgan fingerprint density at radius 1 is 1.41 bits per heavy atom. The van der Waals surface area contributed by atoms with Gasteiger partial charge in [-0.3, -0.25) is 4.79 Å².